The maximum Gasteiger partial charge on any atom is 0.258 e. The van der Waals surface area contributed by atoms with Crippen molar-refractivity contribution in [3.8, 4) is 0 Å². The first-order chi connectivity index (χ1) is 12.1. The third-order valence-electron chi connectivity index (χ3n) is 4.18. The zero-order valence-electron chi connectivity index (χ0n) is 14.2. The maximum atomic E-state index is 13.3. The first kappa shape index (κ1) is 18.7. The van der Waals surface area contributed by atoms with E-state index in [0.717, 1.165) is 33.5 Å². The SMILES string of the molecule is CSc1nsc(SC)c1C(=O)N1CCN(Cc2cccc(F)c2)CC1. The number of carbonyl (C=O) groups excluding carboxylic acids is 1. The number of halogens is 1. The van der Waals surface area contributed by atoms with Gasteiger partial charge in [-0.3, -0.25) is 9.69 Å². The molecular formula is C17H20FN3OS3. The van der Waals surface area contributed by atoms with E-state index in [1.165, 1.54) is 29.4 Å². The molecule has 134 valence electrons. The first-order valence-corrected chi connectivity index (χ1v) is 11.2. The molecule has 2 heterocycles. The largest absolute Gasteiger partial charge is 0.336 e. The second kappa shape index (κ2) is 8.53. The van der Waals surface area contributed by atoms with Gasteiger partial charge in [0.25, 0.3) is 5.91 Å². The highest BCUT2D eigenvalue weighted by Crippen LogP contribution is 2.33. The van der Waals surface area contributed by atoms with Crippen molar-refractivity contribution in [2.24, 2.45) is 0 Å². The molecule has 3 rings (SSSR count). The van der Waals surface area contributed by atoms with Gasteiger partial charge < -0.3 is 4.90 Å². The summed E-state index contributed by atoms with van der Waals surface area (Å²) in [6, 6.07) is 6.71. The Bertz CT molecular complexity index is 723. The molecule has 0 radical (unpaired) electrons. The van der Waals surface area contributed by atoms with E-state index in [4.69, 9.17) is 0 Å². The van der Waals surface area contributed by atoms with Crippen LogP contribution >= 0.6 is 35.1 Å². The quantitative estimate of drug-likeness (QED) is 0.720. The van der Waals surface area contributed by atoms with Crippen molar-refractivity contribution in [1.82, 2.24) is 14.2 Å². The number of carbonyl (C=O) groups is 1. The molecular weight excluding hydrogens is 377 g/mol. The molecule has 0 spiro atoms. The summed E-state index contributed by atoms with van der Waals surface area (Å²) in [6.07, 6.45) is 3.93. The van der Waals surface area contributed by atoms with Gasteiger partial charge in [0.15, 0.2) is 0 Å². The smallest absolute Gasteiger partial charge is 0.258 e. The predicted molar refractivity (Wildman–Crippen MR) is 103 cm³/mol. The Kier molecular flexibility index (Phi) is 6.38. The molecule has 2 aromatic rings. The summed E-state index contributed by atoms with van der Waals surface area (Å²) in [7, 11) is 0. The lowest BCUT2D eigenvalue weighted by Crippen LogP contribution is -2.48. The van der Waals surface area contributed by atoms with Gasteiger partial charge in [-0.15, -0.1) is 23.5 Å². The molecule has 0 unspecified atom stereocenters. The molecule has 1 saturated heterocycles. The van der Waals surface area contributed by atoms with Gasteiger partial charge in [0.05, 0.1) is 9.77 Å². The van der Waals surface area contributed by atoms with Crippen LogP contribution in [0, 0.1) is 5.82 Å². The van der Waals surface area contributed by atoms with Crippen LogP contribution in [0.15, 0.2) is 33.5 Å². The fraction of sp³-hybridized carbons (Fsp3) is 0.412. The molecule has 0 bridgehead atoms. The third kappa shape index (κ3) is 4.36. The lowest BCUT2D eigenvalue weighted by Gasteiger charge is -2.34. The number of nitrogens with zero attached hydrogens (tertiary/aromatic N) is 3. The van der Waals surface area contributed by atoms with Crippen LogP contribution < -0.4 is 0 Å². The fourth-order valence-corrected chi connectivity index (χ4v) is 5.14. The molecule has 8 heteroatoms. The standard InChI is InChI=1S/C17H20FN3OS3/c1-23-15-14(17(24-2)25-19-15)16(22)21-8-6-20(7-9-21)11-12-4-3-5-13(18)10-12/h3-5,10H,6-9,11H2,1-2H3. The van der Waals surface area contributed by atoms with Crippen LogP contribution in [0.1, 0.15) is 15.9 Å². The average Bonchev–Trinajstić information content (AvgIpc) is 3.05. The zero-order chi connectivity index (χ0) is 17.8. The molecule has 1 amide bonds. The summed E-state index contributed by atoms with van der Waals surface area (Å²) >= 11 is 4.49. The minimum absolute atomic E-state index is 0.0767. The molecule has 25 heavy (non-hydrogen) atoms. The van der Waals surface area contributed by atoms with Crippen molar-refractivity contribution < 1.29 is 9.18 Å². The lowest BCUT2D eigenvalue weighted by atomic mass is 10.2. The van der Waals surface area contributed by atoms with Crippen molar-refractivity contribution in [1.29, 1.82) is 0 Å². The normalized spacial score (nSPS) is 15.6. The van der Waals surface area contributed by atoms with Crippen LogP contribution in [0.3, 0.4) is 0 Å². The molecule has 1 aliphatic heterocycles. The van der Waals surface area contributed by atoms with Gasteiger partial charge in [0.1, 0.15) is 10.8 Å². The average molecular weight is 398 g/mol. The van der Waals surface area contributed by atoms with Gasteiger partial charge in [0, 0.05) is 32.7 Å². The van der Waals surface area contributed by atoms with Crippen LogP contribution in [0.4, 0.5) is 4.39 Å². The molecule has 0 atom stereocenters. The van der Waals surface area contributed by atoms with E-state index in [1.807, 2.05) is 23.5 Å². The molecule has 1 fully saturated rings. The number of benzene rings is 1. The number of amides is 1. The topological polar surface area (TPSA) is 36.4 Å². The number of aromatic nitrogens is 1. The molecule has 0 N–H and O–H groups in total. The van der Waals surface area contributed by atoms with Gasteiger partial charge in [0.2, 0.25) is 0 Å². The zero-order valence-corrected chi connectivity index (χ0v) is 16.6. The molecule has 4 nitrogen and oxygen atoms in total. The summed E-state index contributed by atoms with van der Waals surface area (Å²) in [5.74, 6) is -0.127. The minimum atomic E-state index is -0.203. The number of thioether (sulfide) groups is 2. The van der Waals surface area contributed by atoms with Gasteiger partial charge in [-0.25, -0.2) is 4.39 Å². The summed E-state index contributed by atoms with van der Waals surface area (Å²) in [6.45, 7) is 3.68. The van der Waals surface area contributed by atoms with Crippen molar-refractivity contribution in [3.63, 3.8) is 0 Å². The lowest BCUT2D eigenvalue weighted by molar-refractivity contribution is 0.0622. The van der Waals surface area contributed by atoms with Gasteiger partial charge in [-0.1, -0.05) is 12.1 Å². The Balaban J connectivity index is 1.62. The minimum Gasteiger partial charge on any atom is -0.336 e. The molecule has 1 aromatic heterocycles. The highest BCUT2D eigenvalue weighted by atomic mass is 32.2. The number of rotatable bonds is 5. The third-order valence-corrected chi connectivity index (χ3v) is 6.92. The number of piperazine rings is 1. The molecule has 1 aromatic carbocycles. The van der Waals surface area contributed by atoms with E-state index in [0.29, 0.717) is 19.6 Å². The van der Waals surface area contributed by atoms with Crippen molar-refractivity contribution in [3.05, 3.63) is 41.2 Å². The van der Waals surface area contributed by atoms with E-state index in [9.17, 15) is 9.18 Å². The van der Waals surface area contributed by atoms with Crippen LogP contribution in [0.25, 0.3) is 0 Å². The van der Waals surface area contributed by atoms with Crippen molar-refractivity contribution in [2.45, 2.75) is 15.8 Å². The fourth-order valence-electron chi connectivity index (χ4n) is 2.88. The van der Waals surface area contributed by atoms with Crippen LogP contribution in [-0.4, -0.2) is 58.8 Å². The van der Waals surface area contributed by atoms with Crippen LogP contribution in [0.5, 0.6) is 0 Å². The van der Waals surface area contributed by atoms with Gasteiger partial charge >= 0.3 is 0 Å². The Hall–Kier alpha value is -1.09. The van der Waals surface area contributed by atoms with Crippen LogP contribution in [0.2, 0.25) is 0 Å². The first-order valence-electron chi connectivity index (χ1n) is 7.96. The van der Waals surface area contributed by atoms with E-state index < -0.39 is 0 Å². The highest BCUT2D eigenvalue weighted by molar-refractivity contribution is 8.01. The van der Waals surface area contributed by atoms with Crippen LogP contribution in [-0.2, 0) is 6.54 Å². The molecule has 0 aliphatic carbocycles. The summed E-state index contributed by atoms with van der Waals surface area (Å²) in [5, 5.41) is 0.821. The van der Waals surface area contributed by atoms with Gasteiger partial charge in [-0.05, 0) is 41.7 Å². The molecule has 1 aliphatic rings. The molecule has 0 saturated carbocycles. The Morgan fingerprint density at radius 3 is 2.64 bits per heavy atom. The number of hydrogen-bond donors (Lipinski definition) is 0. The Morgan fingerprint density at radius 1 is 1.24 bits per heavy atom. The summed E-state index contributed by atoms with van der Waals surface area (Å²) in [5.41, 5.74) is 1.72. The van der Waals surface area contributed by atoms with E-state index in [1.54, 1.807) is 23.9 Å². The highest BCUT2D eigenvalue weighted by Gasteiger charge is 2.27. The van der Waals surface area contributed by atoms with Gasteiger partial charge in [-0.2, -0.15) is 4.37 Å². The predicted octanol–water partition coefficient (Wildman–Crippen LogP) is 3.68. The maximum absolute atomic E-state index is 13.3. The monoisotopic (exact) mass is 397 g/mol. The summed E-state index contributed by atoms with van der Waals surface area (Å²) in [4.78, 5) is 17.1. The van der Waals surface area contributed by atoms with E-state index in [2.05, 4.69) is 9.27 Å². The van der Waals surface area contributed by atoms with E-state index >= 15 is 0 Å². The Labute approximate surface area is 159 Å². The van der Waals surface area contributed by atoms with Crippen molar-refractivity contribution >= 4 is 41.0 Å². The second-order valence-corrected chi connectivity index (χ2v) is 8.40. The van der Waals surface area contributed by atoms with Crippen molar-refractivity contribution in [2.75, 3.05) is 38.7 Å². The Morgan fingerprint density at radius 2 is 2.00 bits per heavy atom. The summed E-state index contributed by atoms with van der Waals surface area (Å²) < 4.78 is 18.7. The van der Waals surface area contributed by atoms with E-state index in [-0.39, 0.29) is 11.7 Å². The number of hydrogen-bond acceptors (Lipinski definition) is 6. The second-order valence-electron chi connectivity index (χ2n) is 5.76.